The van der Waals surface area contributed by atoms with Crippen LogP contribution in [0.15, 0.2) is 83.9 Å². The molecule has 152 valence electrons. The zero-order valence-corrected chi connectivity index (χ0v) is 17.4. The minimum absolute atomic E-state index is 0.249. The Kier molecular flexibility index (Phi) is 5.24. The summed E-state index contributed by atoms with van der Waals surface area (Å²) in [4.78, 5) is 2.18. The molecule has 0 bridgehead atoms. The predicted molar refractivity (Wildman–Crippen MR) is 121 cm³/mol. The van der Waals surface area contributed by atoms with Crippen molar-refractivity contribution in [2.45, 2.75) is 4.90 Å². The molecule has 0 aliphatic carbocycles. The van der Waals surface area contributed by atoms with E-state index in [9.17, 15) is 8.42 Å². The van der Waals surface area contributed by atoms with Crippen molar-refractivity contribution in [1.82, 2.24) is 10.2 Å². The number of hydrogen-bond acceptors (Lipinski definition) is 6. The Bertz CT molecular complexity index is 1280. The normalized spacial score (nSPS) is 11.3. The van der Waals surface area contributed by atoms with E-state index in [0.29, 0.717) is 16.9 Å². The van der Waals surface area contributed by atoms with Crippen molar-refractivity contribution in [2.24, 2.45) is 0 Å². The fourth-order valence-electron chi connectivity index (χ4n) is 3.07. The van der Waals surface area contributed by atoms with E-state index < -0.39 is 10.0 Å². The summed E-state index contributed by atoms with van der Waals surface area (Å²) in [5.41, 5.74) is 2.17. The number of fused-ring (bicyclic) bond motifs is 1. The van der Waals surface area contributed by atoms with E-state index in [1.807, 2.05) is 49.3 Å². The SMILES string of the molecule is CN(C)c1cnnc(Nc2ccc(NS(=O)(=O)c3cccc4ccccc34)cc2)c1. The molecule has 0 radical (unpaired) electrons. The highest BCUT2D eigenvalue weighted by Crippen LogP contribution is 2.26. The van der Waals surface area contributed by atoms with Gasteiger partial charge in [0, 0.05) is 36.9 Å². The molecule has 0 aliphatic rings. The van der Waals surface area contributed by atoms with Gasteiger partial charge in [-0.05, 0) is 35.7 Å². The van der Waals surface area contributed by atoms with Gasteiger partial charge < -0.3 is 10.2 Å². The number of sulfonamides is 1. The highest BCUT2D eigenvalue weighted by molar-refractivity contribution is 7.93. The molecule has 0 spiro atoms. The maximum atomic E-state index is 12.9. The lowest BCUT2D eigenvalue weighted by Crippen LogP contribution is -2.13. The lowest BCUT2D eigenvalue weighted by molar-refractivity contribution is 0.602. The number of nitrogens with one attached hydrogen (secondary N) is 2. The fourth-order valence-corrected chi connectivity index (χ4v) is 4.36. The quantitative estimate of drug-likeness (QED) is 0.486. The number of nitrogens with zero attached hydrogens (tertiary/aromatic N) is 3. The van der Waals surface area contributed by atoms with E-state index in [1.54, 1.807) is 48.7 Å². The average Bonchev–Trinajstić information content (AvgIpc) is 2.75. The monoisotopic (exact) mass is 419 g/mol. The third-order valence-corrected chi connectivity index (χ3v) is 6.04. The van der Waals surface area contributed by atoms with Crippen molar-refractivity contribution in [3.05, 3.63) is 79.0 Å². The smallest absolute Gasteiger partial charge is 0.262 e. The second-order valence-electron chi connectivity index (χ2n) is 6.98. The predicted octanol–water partition coefficient (Wildman–Crippen LogP) is 4.24. The van der Waals surface area contributed by atoms with Crippen LogP contribution in [0.25, 0.3) is 10.8 Å². The zero-order valence-electron chi connectivity index (χ0n) is 16.6. The van der Waals surface area contributed by atoms with E-state index in [-0.39, 0.29) is 4.90 Å². The molecule has 0 amide bonds. The number of anilines is 4. The minimum atomic E-state index is -3.73. The lowest BCUT2D eigenvalue weighted by Gasteiger charge is -2.13. The molecule has 4 aromatic rings. The molecule has 0 unspecified atom stereocenters. The van der Waals surface area contributed by atoms with Crippen LogP contribution in [0.2, 0.25) is 0 Å². The molecule has 1 aromatic heterocycles. The van der Waals surface area contributed by atoms with Gasteiger partial charge in [-0.3, -0.25) is 4.72 Å². The first-order valence-electron chi connectivity index (χ1n) is 9.30. The van der Waals surface area contributed by atoms with Crippen LogP contribution in [-0.4, -0.2) is 32.7 Å². The Morgan fingerprint density at radius 3 is 2.33 bits per heavy atom. The van der Waals surface area contributed by atoms with Crippen LogP contribution >= 0.6 is 0 Å². The van der Waals surface area contributed by atoms with Crippen LogP contribution in [0.3, 0.4) is 0 Å². The average molecular weight is 420 g/mol. The summed E-state index contributed by atoms with van der Waals surface area (Å²) in [6.45, 7) is 0. The van der Waals surface area contributed by atoms with E-state index in [4.69, 9.17) is 0 Å². The van der Waals surface area contributed by atoms with Crippen molar-refractivity contribution >= 4 is 43.7 Å². The van der Waals surface area contributed by atoms with Gasteiger partial charge in [-0.1, -0.05) is 36.4 Å². The number of rotatable bonds is 6. The van der Waals surface area contributed by atoms with Crippen LogP contribution in [-0.2, 0) is 10.0 Å². The molecule has 4 rings (SSSR count). The van der Waals surface area contributed by atoms with Crippen molar-refractivity contribution < 1.29 is 8.42 Å². The Morgan fingerprint density at radius 1 is 0.867 bits per heavy atom. The van der Waals surface area contributed by atoms with Gasteiger partial charge in [-0.2, -0.15) is 5.10 Å². The third-order valence-electron chi connectivity index (χ3n) is 4.61. The number of benzene rings is 3. The maximum Gasteiger partial charge on any atom is 0.262 e. The van der Waals surface area contributed by atoms with Gasteiger partial charge in [0.15, 0.2) is 5.82 Å². The first kappa shape index (κ1) is 19.7. The molecule has 0 aliphatic heterocycles. The summed E-state index contributed by atoms with van der Waals surface area (Å²) < 4.78 is 28.5. The molecule has 3 aromatic carbocycles. The second-order valence-corrected chi connectivity index (χ2v) is 8.63. The van der Waals surface area contributed by atoms with E-state index >= 15 is 0 Å². The highest BCUT2D eigenvalue weighted by Gasteiger charge is 2.17. The molecular formula is C22H21N5O2S. The van der Waals surface area contributed by atoms with E-state index in [1.165, 1.54) is 0 Å². The van der Waals surface area contributed by atoms with Crippen molar-refractivity contribution in [1.29, 1.82) is 0 Å². The molecule has 30 heavy (non-hydrogen) atoms. The van der Waals surface area contributed by atoms with Crippen molar-refractivity contribution in [3.8, 4) is 0 Å². The molecule has 1 heterocycles. The summed E-state index contributed by atoms with van der Waals surface area (Å²) in [6, 6.07) is 21.5. The molecule has 2 N–H and O–H groups in total. The van der Waals surface area contributed by atoms with Crippen molar-refractivity contribution in [2.75, 3.05) is 29.0 Å². The molecule has 0 atom stereocenters. The first-order chi connectivity index (χ1) is 14.4. The molecule has 0 saturated carbocycles. The van der Waals surface area contributed by atoms with Crippen LogP contribution < -0.4 is 14.9 Å². The van der Waals surface area contributed by atoms with Gasteiger partial charge in [0.1, 0.15) is 0 Å². The topological polar surface area (TPSA) is 87.2 Å². The largest absolute Gasteiger partial charge is 0.376 e. The summed E-state index contributed by atoms with van der Waals surface area (Å²) in [6.07, 6.45) is 1.68. The summed E-state index contributed by atoms with van der Waals surface area (Å²) in [7, 11) is 0.131. The lowest BCUT2D eigenvalue weighted by atomic mass is 10.1. The first-order valence-corrected chi connectivity index (χ1v) is 10.8. The standard InChI is InChI=1S/C22H21N5O2S/c1-27(2)19-14-22(25-23-15-19)24-17-10-12-18(13-11-17)26-30(28,29)21-9-5-7-16-6-3-4-8-20(16)21/h3-15,26H,1-2H3,(H,24,25). The van der Waals surface area contributed by atoms with Gasteiger partial charge in [0.05, 0.1) is 16.8 Å². The van der Waals surface area contributed by atoms with Crippen LogP contribution in [0.5, 0.6) is 0 Å². The fraction of sp³-hybridized carbons (Fsp3) is 0.0909. The van der Waals surface area contributed by atoms with E-state index in [0.717, 1.165) is 16.8 Å². The van der Waals surface area contributed by atoms with Crippen LogP contribution in [0, 0.1) is 0 Å². The summed E-state index contributed by atoms with van der Waals surface area (Å²) in [5.74, 6) is 0.602. The van der Waals surface area contributed by atoms with Gasteiger partial charge in [-0.15, -0.1) is 5.10 Å². The summed E-state index contributed by atoms with van der Waals surface area (Å²) >= 11 is 0. The minimum Gasteiger partial charge on any atom is -0.376 e. The summed E-state index contributed by atoms with van der Waals surface area (Å²) in [5, 5.41) is 12.8. The molecule has 0 fully saturated rings. The Hall–Kier alpha value is -3.65. The molecule has 8 heteroatoms. The maximum absolute atomic E-state index is 12.9. The Morgan fingerprint density at radius 2 is 1.57 bits per heavy atom. The van der Waals surface area contributed by atoms with Crippen molar-refractivity contribution in [3.63, 3.8) is 0 Å². The number of hydrogen-bond donors (Lipinski definition) is 2. The Labute approximate surface area is 175 Å². The van der Waals surface area contributed by atoms with Gasteiger partial charge >= 0.3 is 0 Å². The van der Waals surface area contributed by atoms with E-state index in [2.05, 4.69) is 20.2 Å². The van der Waals surface area contributed by atoms with Crippen LogP contribution in [0.4, 0.5) is 22.9 Å². The molecule has 7 nitrogen and oxygen atoms in total. The third kappa shape index (κ3) is 4.18. The highest BCUT2D eigenvalue weighted by atomic mass is 32.2. The zero-order chi connectivity index (χ0) is 21.1. The van der Waals surface area contributed by atoms with Gasteiger partial charge in [0.2, 0.25) is 0 Å². The Balaban J connectivity index is 1.54. The second kappa shape index (κ2) is 8.00. The van der Waals surface area contributed by atoms with Gasteiger partial charge in [0.25, 0.3) is 10.0 Å². The number of aromatic nitrogens is 2. The molecule has 0 saturated heterocycles. The van der Waals surface area contributed by atoms with Gasteiger partial charge in [-0.25, -0.2) is 8.42 Å². The van der Waals surface area contributed by atoms with Crippen LogP contribution in [0.1, 0.15) is 0 Å². The molecular weight excluding hydrogens is 398 g/mol.